The molecule has 0 bridgehead atoms. The number of rotatable bonds is 3. The molecule has 1 atom stereocenters. The first kappa shape index (κ1) is 11.1. The van der Waals surface area contributed by atoms with Crippen molar-refractivity contribution in [2.45, 2.75) is 25.8 Å². The largest absolute Gasteiger partial charge is 0.481 e. The number of anilines is 1. The van der Waals surface area contributed by atoms with Crippen LogP contribution < -0.4 is 15.4 Å². The van der Waals surface area contributed by atoms with Gasteiger partial charge in [0.05, 0.1) is 7.11 Å². The first-order valence-corrected chi connectivity index (χ1v) is 5.65. The Labute approximate surface area is 95.6 Å². The summed E-state index contributed by atoms with van der Waals surface area (Å²) in [6.45, 7) is 3.97. The second kappa shape index (κ2) is 5.12. The molecule has 1 aromatic rings. The van der Waals surface area contributed by atoms with Crippen molar-refractivity contribution in [1.29, 1.82) is 0 Å². The highest BCUT2D eigenvalue weighted by Crippen LogP contribution is 2.15. The molecule has 1 aromatic heterocycles. The molecule has 1 unspecified atom stereocenters. The van der Waals surface area contributed by atoms with Crippen LogP contribution in [0.4, 0.5) is 5.82 Å². The lowest BCUT2D eigenvalue weighted by molar-refractivity contribution is 0.395. The molecule has 0 spiro atoms. The van der Waals surface area contributed by atoms with Gasteiger partial charge in [-0.05, 0) is 26.3 Å². The normalized spacial score (nSPS) is 20.5. The summed E-state index contributed by atoms with van der Waals surface area (Å²) in [5.74, 6) is 2.18. The summed E-state index contributed by atoms with van der Waals surface area (Å²) in [6, 6.07) is 2.29. The standard InChI is InChI=1S/C11H18N4O/c1-8-13-10(6-11(14-8)16-2)15-9-4-3-5-12-7-9/h6,9,12H,3-5,7H2,1-2H3,(H,13,14,15). The molecule has 2 rings (SSSR count). The van der Waals surface area contributed by atoms with Gasteiger partial charge in [-0.3, -0.25) is 0 Å². The minimum atomic E-state index is 0.452. The lowest BCUT2D eigenvalue weighted by atomic mass is 10.1. The fourth-order valence-electron chi connectivity index (χ4n) is 1.90. The van der Waals surface area contributed by atoms with Crippen LogP contribution in [0.3, 0.4) is 0 Å². The SMILES string of the molecule is COc1cc(NC2CCCNC2)nc(C)n1. The number of ether oxygens (including phenoxy) is 1. The number of aromatic nitrogens is 2. The summed E-state index contributed by atoms with van der Waals surface area (Å²) in [6.07, 6.45) is 2.39. The van der Waals surface area contributed by atoms with Crippen molar-refractivity contribution in [3.05, 3.63) is 11.9 Å². The van der Waals surface area contributed by atoms with Crippen molar-refractivity contribution in [1.82, 2.24) is 15.3 Å². The van der Waals surface area contributed by atoms with E-state index in [-0.39, 0.29) is 0 Å². The van der Waals surface area contributed by atoms with E-state index in [0.29, 0.717) is 11.9 Å². The van der Waals surface area contributed by atoms with E-state index < -0.39 is 0 Å². The predicted molar refractivity (Wildman–Crippen MR) is 62.8 cm³/mol. The van der Waals surface area contributed by atoms with Crippen LogP contribution in [-0.2, 0) is 0 Å². The number of nitrogens with zero attached hydrogens (tertiary/aromatic N) is 2. The molecule has 5 heteroatoms. The quantitative estimate of drug-likeness (QED) is 0.797. The summed E-state index contributed by atoms with van der Waals surface area (Å²) in [5.41, 5.74) is 0. The third kappa shape index (κ3) is 2.82. The summed E-state index contributed by atoms with van der Waals surface area (Å²) in [7, 11) is 1.62. The number of aryl methyl sites for hydroxylation is 1. The van der Waals surface area contributed by atoms with Gasteiger partial charge in [-0.1, -0.05) is 0 Å². The van der Waals surface area contributed by atoms with Gasteiger partial charge in [0.1, 0.15) is 11.6 Å². The van der Waals surface area contributed by atoms with Crippen molar-refractivity contribution >= 4 is 5.82 Å². The van der Waals surface area contributed by atoms with Gasteiger partial charge < -0.3 is 15.4 Å². The number of nitrogens with one attached hydrogen (secondary N) is 2. The van der Waals surface area contributed by atoms with Crippen LogP contribution in [0, 0.1) is 6.92 Å². The maximum Gasteiger partial charge on any atom is 0.218 e. The van der Waals surface area contributed by atoms with E-state index in [1.807, 2.05) is 13.0 Å². The lowest BCUT2D eigenvalue weighted by Crippen LogP contribution is -2.38. The van der Waals surface area contributed by atoms with Crippen molar-refractivity contribution in [3.8, 4) is 5.88 Å². The number of methoxy groups -OCH3 is 1. The first-order chi connectivity index (χ1) is 7.78. The van der Waals surface area contributed by atoms with Gasteiger partial charge in [0.25, 0.3) is 0 Å². The third-order valence-electron chi connectivity index (χ3n) is 2.67. The van der Waals surface area contributed by atoms with Crippen LogP contribution >= 0.6 is 0 Å². The van der Waals surface area contributed by atoms with Crippen LogP contribution in [-0.4, -0.2) is 36.2 Å². The third-order valence-corrected chi connectivity index (χ3v) is 2.67. The first-order valence-electron chi connectivity index (χ1n) is 5.65. The van der Waals surface area contributed by atoms with E-state index in [1.54, 1.807) is 7.11 Å². The van der Waals surface area contributed by atoms with E-state index in [0.717, 1.165) is 24.7 Å². The highest BCUT2D eigenvalue weighted by atomic mass is 16.5. The van der Waals surface area contributed by atoms with E-state index in [1.165, 1.54) is 12.8 Å². The fraction of sp³-hybridized carbons (Fsp3) is 0.636. The molecule has 16 heavy (non-hydrogen) atoms. The molecule has 0 aliphatic carbocycles. The molecule has 5 nitrogen and oxygen atoms in total. The van der Waals surface area contributed by atoms with E-state index in [9.17, 15) is 0 Å². The van der Waals surface area contributed by atoms with E-state index >= 15 is 0 Å². The van der Waals surface area contributed by atoms with Crippen LogP contribution in [0.15, 0.2) is 6.07 Å². The van der Waals surface area contributed by atoms with Crippen molar-refractivity contribution in [2.24, 2.45) is 0 Å². The van der Waals surface area contributed by atoms with Crippen LogP contribution in [0.25, 0.3) is 0 Å². The lowest BCUT2D eigenvalue weighted by Gasteiger charge is -2.24. The zero-order valence-electron chi connectivity index (χ0n) is 9.79. The van der Waals surface area contributed by atoms with Gasteiger partial charge in [-0.2, -0.15) is 4.98 Å². The fourth-order valence-corrected chi connectivity index (χ4v) is 1.90. The molecule has 0 saturated carbocycles. The van der Waals surface area contributed by atoms with E-state index in [4.69, 9.17) is 4.74 Å². The summed E-state index contributed by atoms with van der Waals surface area (Å²) in [4.78, 5) is 8.50. The second-order valence-corrected chi connectivity index (χ2v) is 4.03. The Morgan fingerprint density at radius 2 is 2.38 bits per heavy atom. The summed E-state index contributed by atoms with van der Waals surface area (Å²) >= 11 is 0. The average molecular weight is 222 g/mol. The Balaban J connectivity index is 2.04. The smallest absolute Gasteiger partial charge is 0.218 e. The van der Waals surface area contributed by atoms with Gasteiger partial charge in [0, 0.05) is 18.7 Å². The second-order valence-electron chi connectivity index (χ2n) is 4.03. The van der Waals surface area contributed by atoms with E-state index in [2.05, 4.69) is 20.6 Å². The Kier molecular flexibility index (Phi) is 3.56. The van der Waals surface area contributed by atoms with Gasteiger partial charge in [-0.25, -0.2) is 4.98 Å². The molecule has 1 fully saturated rings. The summed E-state index contributed by atoms with van der Waals surface area (Å²) < 4.78 is 5.12. The summed E-state index contributed by atoms with van der Waals surface area (Å²) in [5, 5.41) is 6.76. The molecule has 2 heterocycles. The maximum absolute atomic E-state index is 5.12. The van der Waals surface area contributed by atoms with Crippen LogP contribution in [0.1, 0.15) is 18.7 Å². The Morgan fingerprint density at radius 1 is 1.50 bits per heavy atom. The topological polar surface area (TPSA) is 59.1 Å². The van der Waals surface area contributed by atoms with Crippen molar-refractivity contribution in [3.63, 3.8) is 0 Å². The minimum absolute atomic E-state index is 0.452. The van der Waals surface area contributed by atoms with Gasteiger partial charge in [0.2, 0.25) is 5.88 Å². The maximum atomic E-state index is 5.12. The van der Waals surface area contributed by atoms with Crippen LogP contribution in [0.2, 0.25) is 0 Å². The van der Waals surface area contributed by atoms with Crippen LogP contribution in [0.5, 0.6) is 5.88 Å². The zero-order valence-corrected chi connectivity index (χ0v) is 9.79. The molecule has 0 radical (unpaired) electrons. The Bertz CT molecular complexity index is 350. The molecule has 1 aliphatic rings. The number of hydrogen-bond acceptors (Lipinski definition) is 5. The van der Waals surface area contributed by atoms with Gasteiger partial charge in [-0.15, -0.1) is 0 Å². The highest BCUT2D eigenvalue weighted by Gasteiger charge is 2.13. The zero-order chi connectivity index (χ0) is 11.4. The average Bonchev–Trinajstić information content (AvgIpc) is 2.29. The molecule has 1 aliphatic heterocycles. The van der Waals surface area contributed by atoms with Crippen molar-refractivity contribution < 1.29 is 4.74 Å². The molecule has 0 amide bonds. The molecule has 88 valence electrons. The Hall–Kier alpha value is -1.36. The van der Waals surface area contributed by atoms with Gasteiger partial charge >= 0.3 is 0 Å². The molecular weight excluding hydrogens is 204 g/mol. The molecular formula is C11H18N4O. The number of piperidine rings is 1. The monoisotopic (exact) mass is 222 g/mol. The predicted octanol–water partition coefficient (Wildman–Crippen LogP) is 0.958. The highest BCUT2D eigenvalue weighted by molar-refractivity contribution is 5.39. The molecule has 0 aromatic carbocycles. The molecule has 1 saturated heterocycles. The van der Waals surface area contributed by atoms with Gasteiger partial charge in [0.15, 0.2) is 0 Å². The number of hydrogen-bond donors (Lipinski definition) is 2. The Morgan fingerprint density at radius 3 is 3.06 bits per heavy atom. The van der Waals surface area contributed by atoms with Crippen molar-refractivity contribution in [2.75, 3.05) is 25.5 Å². The minimum Gasteiger partial charge on any atom is -0.481 e. The molecule has 2 N–H and O–H groups in total.